The minimum atomic E-state index is -4.32. The molecule has 0 amide bonds. The van der Waals surface area contributed by atoms with E-state index in [-0.39, 0.29) is 6.61 Å². The molecule has 16 heavy (non-hydrogen) atoms. The zero-order valence-corrected chi connectivity index (χ0v) is 9.09. The first-order valence-corrected chi connectivity index (χ1v) is 5.50. The molecule has 1 aliphatic carbocycles. The Bertz CT molecular complexity index is 236. The molecule has 0 bridgehead atoms. The Labute approximate surface area is 93.1 Å². The molecule has 1 aliphatic rings. The van der Waals surface area contributed by atoms with Crippen molar-refractivity contribution < 1.29 is 23.0 Å². The number of rotatable bonds is 4. The van der Waals surface area contributed by atoms with Gasteiger partial charge in [-0.2, -0.15) is 13.2 Å². The van der Waals surface area contributed by atoms with E-state index in [9.17, 15) is 18.3 Å². The van der Waals surface area contributed by atoms with Gasteiger partial charge < -0.3 is 9.84 Å². The summed E-state index contributed by atoms with van der Waals surface area (Å²) in [5.74, 6) is 0. The van der Waals surface area contributed by atoms with Gasteiger partial charge in [0.15, 0.2) is 0 Å². The molecule has 0 aromatic heterocycles. The topological polar surface area (TPSA) is 29.5 Å². The van der Waals surface area contributed by atoms with E-state index >= 15 is 0 Å². The standard InChI is InChI=1S/C11H17F3O2/c12-11(13,14)8-16-7-10(15)9-5-3-1-2-4-6-9/h5,10,15H,1-4,6-8H2. The van der Waals surface area contributed by atoms with Gasteiger partial charge in [0.1, 0.15) is 6.61 Å². The lowest BCUT2D eigenvalue weighted by molar-refractivity contribution is -0.177. The maximum absolute atomic E-state index is 11.8. The molecule has 0 saturated heterocycles. The number of hydrogen-bond donors (Lipinski definition) is 1. The molecule has 2 nitrogen and oxygen atoms in total. The number of alkyl halides is 3. The van der Waals surface area contributed by atoms with Crippen LogP contribution in [0.15, 0.2) is 11.6 Å². The summed E-state index contributed by atoms with van der Waals surface area (Å²) in [6, 6.07) is 0. The molecular formula is C11H17F3O2. The van der Waals surface area contributed by atoms with E-state index in [1.54, 1.807) is 0 Å². The van der Waals surface area contributed by atoms with Gasteiger partial charge in [-0.15, -0.1) is 0 Å². The summed E-state index contributed by atoms with van der Waals surface area (Å²) in [5.41, 5.74) is 0.819. The Kier molecular flexibility index (Phi) is 5.28. The summed E-state index contributed by atoms with van der Waals surface area (Å²) in [4.78, 5) is 0. The van der Waals surface area contributed by atoms with Gasteiger partial charge in [0.05, 0.1) is 12.7 Å². The summed E-state index contributed by atoms with van der Waals surface area (Å²) in [7, 11) is 0. The minimum Gasteiger partial charge on any atom is -0.386 e. The van der Waals surface area contributed by atoms with Crippen LogP contribution in [-0.2, 0) is 4.74 Å². The maximum atomic E-state index is 11.8. The fourth-order valence-corrected chi connectivity index (χ4v) is 1.74. The van der Waals surface area contributed by atoms with Crippen molar-refractivity contribution in [1.29, 1.82) is 0 Å². The van der Waals surface area contributed by atoms with E-state index in [2.05, 4.69) is 4.74 Å². The molecule has 0 radical (unpaired) electrons. The van der Waals surface area contributed by atoms with E-state index in [1.165, 1.54) is 0 Å². The number of aliphatic hydroxyl groups excluding tert-OH is 1. The first-order valence-electron chi connectivity index (χ1n) is 5.50. The molecule has 0 aromatic rings. The molecular weight excluding hydrogens is 221 g/mol. The first-order chi connectivity index (χ1) is 7.49. The molecule has 0 aromatic carbocycles. The second-order valence-electron chi connectivity index (χ2n) is 4.02. The SMILES string of the molecule is OC(COCC(F)(F)F)C1=CCCCCC1. The van der Waals surface area contributed by atoms with Crippen LogP contribution in [0.3, 0.4) is 0 Å². The molecule has 0 heterocycles. The number of halogens is 3. The molecule has 1 atom stereocenters. The van der Waals surface area contributed by atoms with Gasteiger partial charge in [-0.05, 0) is 31.3 Å². The monoisotopic (exact) mass is 238 g/mol. The van der Waals surface area contributed by atoms with Crippen LogP contribution in [0.1, 0.15) is 32.1 Å². The third-order valence-corrected chi connectivity index (χ3v) is 2.55. The number of hydrogen-bond acceptors (Lipinski definition) is 2. The third-order valence-electron chi connectivity index (χ3n) is 2.55. The average molecular weight is 238 g/mol. The Morgan fingerprint density at radius 3 is 2.75 bits per heavy atom. The van der Waals surface area contributed by atoms with Crippen molar-refractivity contribution in [3.63, 3.8) is 0 Å². The van der Waals surface area contributed by atoms with Gasteiger partial charge in [-0.1, -0.05) is 12.5 Å². The molecule has 0 saturated carbocycles. The Balaban J connectivity index is 2.28. The molecule has 94 valence electrons. The minimum absolute atomic E-state index is 0.272. The molecule has 5 heteroatoms. The van der Waals surface area contributed by atoms with E-state index in [0.717, 1.165) is 37.7 Å². The quantitative estimate of drug-likeness (QED) is 0.763. The van der Waals surface area contributed by atoms with E-state index in [0.29, 0.717) is 0 Å². The number of aliphatic hydroxyl groups is 1. The van der Waals surface area contributed by atoms with Crippen molar-refractivity contribution in [3.8, 4) is 0 Å². The summed E-state index contributed by atoms with van der Waals surface area (Å²) in [5, 5.41) is 9.64. The largest absolute Gasteiger partial charge is 0.411 e. The normalized spacial score (nSPS) is 20.1. The van der Waals surface area contributed by atoms with Gasteiger partial charge in [-0.25, -0.2) is 0 Å². The molecule has 1 rings (SSSR count). The molecule has 0 fully saturated rings. The highest BCUT2D eigenvalue weighted by atomic mass is 19.4. The van der Waals surface area contributed by atoms with Crippen molar-refractivity contribution in [2.45, 2.75) is 44.4 Å². The van der Waals surface area contributed by atoms with E-state index in [4.69, 9.17) is 0 Å². The lowest BCUT2D eigenvalue weighted by atomic mass is 10.1. The van der Waals surface area contributed by atoms with Crippen LogP contribution in [0.5, 0.6) is 0 Å². The summed E-state index contributed by atoms with van der Waals surface area (Å²) >= 11 is 0. The predicted octanol–water partition coefficient (Wildman–Crippen LogP) is 2.82. The van der Waals surface area contributed by atoms with Gasteiger partial charge in [0.25, 0.3) is 0 Å². The van der Waals surface area contributed by atoms with Crippen LogP contribution in [0.4, 0.5) is 13.2 Å². The predicted molar refractivity (Wildman–Crippen MR) is 54.0 cm³/mol. The van der Waals surface area contributed by atoms with Crippen molar-refractivity contribution in [3.05, 3.63) is 11.6 Å². The van der Waals surface area contributed by atoms with Crippen LogP contribution in [0.2, 0.25) is 0 Å². The first kappa shape index (κ1) is 13.5. The fraction of sp³-hybridized carbons (Fsp3) is 0.818. The van der Waals surface area contributed by atoms with Crippen molar-refractivity contribution in [1.82, 2.24) is 0 Å². The highest BCUT2D eigenvalue weighted by Gasteiger charge is 2.28. The summed E-state index contributed by atoms with van der Waals surface area (Å²) in [6.07, 6.45) is 1.55. The maximum Gasteiger partial charge on any atom is 0.411 e. The Morgan fingerprint density at radius 1 is 1.31 bits per heavy atom. The second-order valence-corrected chi connectivity index (χ2v) is 4.02. The van der Waals surface area contributed by atoms with Gasteiger partial charge >= 0.3 is 6.18 Å². The number of ether oxygens (including phenoxy) is 1. The van der Waals surface area contributed by atoms with Gasteiger partial charge in [0.2, 0.25) is 0 Å². The lowest BCUT2D eigenvalue weighted by Gasteiger charge is -2.15. The Morgan fingerprint density at radius 2 is 2.06 bits per heavy atom. The highest BCUT2D eigenvalue weighted by molar-refractivity contribution is 5.09. The lowest BCUT2D eigenvalue weighted by Crippen LogP contribution is -2.24. The third kappa shape index (κ3) is 5.51. The molecule has 0 aliphatic heterocycles. The zero-order chi connectivity index (χ0) is 12.0. The number of allylic oxidation sites excluding steroid dienone is 1. The van der Waals surface area contributed by atoms with Crippen LogP contribution < -0.4 is 0 Å². The summed E-state index contributed by atoms with van der Waals surface area (Å²) < 4.78 is 39.8. The van der Waals surface area contributed by atoms with E-state index < -0.39 is 18.9 Å². The Hall–Kier alpha value is -0.550. The van der Waals surface area contributed by atoms with Crippen LogP contribution in [0, 0.1) is 0 Å². The van der Waals surface area contributed by atoms with Crippen LogP contribution in [0.25, 0.3) is 0 Å². The molecule has 1 unspecified atom stereocenters. The second kappa shape index (κ2) is 6.25. The van der Waals surface area contributed by atoms with Crippen LogP contribution >= 0.6 is 0 Å². The van der Waals surface area contributed by atoms with Crippen molar-refractivity contribution in [2.24, 2.45) is 0 Å². The van der Waals surface area contributed by atoms with E-state index in [1.807, 2.05) is 6.08 Å². The molecule has 0 spiro atoms. The zero-order valence-electron chi connectivity index (χ0n) is 9.09. The highest BCUT2D eigenvalue weighted by Crippen LogP contribution is 2.21. The van der Waals surface area contributed by atoms with Crippen molar-refractivity contribution >= 4 is 0 Å². The van der Waals surface area contributed by atoms with Gasteiger partial charge in [-0.3, -0.25) is 0 Å². The van der Waals surface area contributed by atoms with Crippen LogP contribution in [-0.4, -0.2) is 30.6 Å². The fourth-order valence-electron chi connectivity index (χ4n) is 1.74. The smallest absolute Gasteiger partial charge is 0.386 e. The summed E-state index contributed by atoms with van der Waals surface area (Å²) in [6.45, 7) is -1.57. The van der Waals surface area contributed by atoms with Gasteiger partial charge in [0, 0.05) is 0 Å². The molecule has 1 N–H and O–H groups in total. The average Bonchev–Trinajstić information content (AvgIpc) is 2.43. The van der Waals surface area contributed by atoms with Crippen molar-refractivity contribution in [2.75, 3.05) is 13.2 Å².